The number of amides is 1. The van der Waals surface area contributed by atoms with Gasteiger partial charge in [0.15, 0.2) is 0 Å². The number of nitrogens with zero attached hydrogens (tertiary/aromatic N) is 1. The summed E-state index contributed by atoms with van der Waals surface area (Å²) in [6, 6.07) is 9.49. The number of rotatable bonds is 5. The molecule has 3 heteroatoms. The van der Waals surface area contributed by atoms with Crippen LogP contribution in [-0.4, -0.2) is 28.7 Å². The molecule has 0 aliphatic carbocycles. The Kier molecular flexibility index (Phi) is 5.49. The van der Waals surface area contributed by atoms with E-state index in [-0.39, 0.29) is 12.1 Å². The molecule has 1 aromatic rings. The number of hydrogen-bond acceptors (Lipinski definition) is 2. The van der Waals surface area contributed by atoms with Crippen LogP contribution in [0.4, 0.5) is 0 Å². The van der Waals surface area contributed by atoms with Crippen molar-refractivity contribution in [2.45, 2.75) is 39.8 Å². The van der Waals surface area contributed by atoms with Gasteiger partial charge in [0.1, 0.15) is 0 Å². The molecule has 0 fully saturated rings. The third kappa shape index (κ3) is 4.36. The van der Waals surface area contributed by atoms with Crippen molar-refractivity contribution in [2.24, 2.45) is 0 Å². The van der Waals surface area contributed by atoms with Gasteiger partial charge in [-0.3, -0.25) is 9.59 Å². The fraction of sp³-hybridized carbons (Fsp3) is 0.375. The Hall–Kier alpha value is -1.90. The summed E-state index contributed by atoms with van der Waals surface area (Å²) in [4.78, 5) is 25.6. The summed E-state index contributed by atoms with van der Waals surface area (Å²) in [7, 11) is 0. The lowest BCUT2D eigenvalue weighted by molar-refractivity contribution is -0.144. The monoisotopic (exact) mass is 259 g/mol. The van der Waals surface area contributed by atoms with Crippen molar-refractivity contribution in [3.63, 3.8) is 0 Å². The van der Waals surface area contributed by atoms with Crippen LogP contribution in [-0.2, 0) is 9.59 Å². The average molecular weight is 259 g/mol. The molecule has 19 heavy (non-hydrogen) atoms. The summed E-state index contributed by atoms with van der Waals surface area (Å²) < 4.78 is 0. The zero-order valence-corrected chi connectivity index (χ0v) is 12.0. The van der Waals surface area contributed by atoms with Gasteiger partial charge in [-0.1, -0.05) is 36.4 Å². The third-order valence-electron chi connectivity index (χ3n) is 2.78. The zero-order chi connectivity index (χ0) is 14.4. The summed E-state index contributed by atoms with van der Waals surface area (Å²) in [5, 5.41) is 0. The van der Waals surface area contributed by atoms with Crippen molar-refractivity contribution in [1.29, 1.82) is 0 Å². The molecule has 0 bridgehead atoms. The maximum atomic E-state index is 12.1. The van der Waals surface area contributed by atoms with Gasteiger partial charge in [-0.2, -0.15) is 0 Å². The van der Waals surface area contributed by atoms with Gasteiger partial charge in [0.2, 0.25) is 5.78 Å². The van der Waals surface area contributed by atoms with Gasteiger partial charge in [0.25, 0.3) is 5.91 Å². The van der Waals surface area contributed by atoms with Crippen LogP contribution in [0.25, 0.3) is 6.08 Å². The van der Waals surface area contributed by atoms with Crippen molar-refractivity contribution < 1.29 is 9.59 Å². The van der Waals surface area contributed by atoms with E-state index in [1.807, 2.05) is 58.0 Å². The number of hydrogen-bond donors (Lipinski definition) is 0. The first kappa shape index (κ1) is 15.2. The topological polar surface area (TPSA) is 37.4 Å². The van der Waals surface area contributed by atoms with E-state index in [1.54, 1.807) is 11.0 Å². The van der Waals surface area contributed by atoms with Crippen LogP contribution in [0.2, 0.25) is 0 Å². The molecule has 0 aromatic heterocycles. The second-order valence-electron chi connectivity index (χ2n) is 5.01. The Morgan fingerprint density at radius 2 is 1.53 bits per heavy atom. The lowest BCUT2D eigenvalue weighted by Crippen LogP contribution is -2.45. The molecule has 0 saturated carbocycles. The number of benzene rings is 1. The molecule has 3 nitrogen and oxygen atoms in total. The first-order chi connectivity index (χ1) is 8.93. The molecule has 1 aromatic carbocycles. The summed E-state index contributed by atoms with van der Waals surface area (Å²) in [6.45, 7) is 7.64. The molecule has 0 spiro atoms. The number of ketones is 1. The predicted molar refractivity (Wildman–Crippen MR) is 77.6 cm³/mol. The van der Waals surface area contributed by atoms with Gasteiger partial charge in [-0.05, 0) is 39.3 Å². The van der Waals surface area contributed by atoms with E-state index in [4.69, 9.17) is 0 Å². The highest BCUT2D eigenvalue weighted by atomic mass is 16.2. The minimum Gasteiger partial charge on any atom is -0.331 e. The van der Waals surface area contributed by atoms with Gasteiger partial charge in [-0.15, -0.1) is 0 Å². The van der Waals surface area contributed by atoms with Crippen LogP contribution in [0.5, 0.6) is 0 Å². The van der Waals surface area contributed by atoms with Crippen LogP contribution in [0.15, 0.2) is 36.4 Å². The van der Waals surface area contributed by atoms with E-state index in [1.165, 1.54) is 6.08 Å². The van der Waals surface area contributed by atoms with Crippen LogP contribution >= 0.6 is 0 Å². The van der Waals surface area contributed by atoms with Gasteiger partial charge in [0.05, 0.1) is 0 Å². The quantitative estimate of drug-likeness (QED) is 0.602. The van der Waals surface area contributed by atoms with Crippen molar-refractivity contribution in [3.8, 4) is 0 Å². The first-order valence-electron chi connectivity index (χ1n) is 6.53. The lowest BCUT2D eigenvalue weighted by atomic mass is 10.1. The molecule has 0 unspecified atom stereocenters. The van der Waals surface area contributed by atoms with E-state index in [0.29, 0.717) is 0 Å². The highest BCUT2D eigenvalue weighted by molar-refractivity contribution is 6.41. The van der Waals surface area contributed by atoms with Crippen molar-refractivity contribution in [2.75, 3.05) is 0 Å². The molecule has 0 aliphatic heterocycles. The number of carbonyl (C=O) groups is 2. The average Bonchev–Trinajstić information content (AvgIpc) is 2.36. The van der Waals surface area contributed by atoms with Crippen LogP contribution < -0.4 is 0 Å². The normalized spacial score (nSPS) is 11.3. The zero-order valence-electron chi connectivity index (χ0n) is 12.0. The molecule has 102 valence electrons. The minimum atomic E-state index is -0.480. The lowest BCUT2D eigenvalue weighted by Gasteiger charge is -2.29. The highest BCUT2D eigenvalue weighted by Gasteiger charge is 2.24. The summed E-state index contributed by atoms with van der Waals surface area (Å²) in [5.41, 5.74) is 0.907. The van der Waals surface area contributed by atoms with E-state index < -0.39 is 11.7 Å². The molecule has 0 aliphatic rings. The molecular formula is C16H21NO2. The molecular weight excluding hydrogens is 238 g/mol. The largest absolute Gasteiger partial charge is 0.331 e. The molecule has 0 atom stereocenters. The molecule has 0 radical (unpaired) electrons. The van der Waals surface area contributed by atoms with Gasteiger partial charge < -0.3 is 4.90 Å². The predicted octanol–water partition coefficient (Wildman–Crippen LogP) is 2.91. The fourth-order valence-corrected chi connectivity index (χ4v) is 2.00. The fourth-order valence-electron chi connectivity index (χ4n) is 2.00. The van der Waals surface area contributed by atoms with E-state index in [0.717, 1.165) is 5.56 Å². The third-order valence-corrected chi connectivity index (χ3v) is 2.78. The Labute approximate surface area is 114 Å². The van der Waals surface area contributed by atoms with Crippen LogP contribution in [0.1, 0.15) is 33.3 Å². The summed E-state index contributed by atoms with van der Waals surface area (Å²) in [5.74, 6) is -0.927. The van der Waals surface area contributed by atoms with Crippen molar-refractivity contribution in [3.05, 3.63) is 42.0 Å². The molecule has 0 N–H and O–H groups in total. The SMILES string of the molecule is CC(C)N(C(=O)C(=O)/C=C/c1ccccc1)C(C)C. The van der Waals surface area contributed by atoms with Crippen molar-refractivity contribution >= 4 is 17.8 Å². The van der Waals surface area contributed by atoms with Crippen LogP contribution in [0.3, 0.4) is 0 Å². The first-order valence-corrected chi connectivity index (χ1v) is 6.53. The van der Waals surface area contributed by atoms with Gasteiger partial charge in [-0.25, -0.2) is 0 Å². The van der Waals surface area contributed by atoms with Gasteiger partial charge in [0, 0.05) is 12.1 Å². The second kappa shape index (κ2) is 6.88. The maximum absolute atomic E-state index is 12.1. The molecule has 0 saturated heterocycles. The Morgan fingerprint density at radius 3 is 2.00 bits per heavy atom. The van der Waals surface area contributed by atoms with E-state index >= 15 is 0 Å². The van der Waals surface area contributed by atoms with E-state index in [9.17, 15) is 9.59 Å². The molecule has 1 amide bonds. The Balaban J connectivity index is 2.77. The Bertz CT molecular complexity index is 453. The smallest absolute Gasteiger partial charge is 0.294 e. The minimum absolute atomic E-state index is 0.0153. The second-order valence-corrected chi connectivity index (χ2v) is 5.01. The summed E-state index contributed by atoms with van der Waals surface area (Å²) in [6.07, 6.45) is 3.01. The highest BCUT2D eigenvalue weighted by Crippen LogP contribution is 2.07. The molecule has 0 heterocycles. The standard InChI is InChI=1S/C16H21NO2/c1-12(2)17(13(3)4)16(19)15(18)11-10-14-8-6-5-7-9-14/h5-13H,1-4H3/b11-10+. The number of carbonyl (C=O) groups excluding carboxylic acids is 2. The summed E-state index contributed by atoms with van der Waals surface area (Å²) >= 11 is 0. The van der Waals surface area contributed by atoms with Gasteiger partial charge >= 0.3 is 0 Å². The maximum Gasteiger partial charge on any atom is 0.294 e. The van der Waals surface area contributed by atoms with E-state index in [2.05, 4.69) is 0 Å². The Morgan fingerprint density at radius 1 is 1.00 bits per heavy atom. The molecule has 1 rings (SSSR count). The van der Waals surface area contributed by atoms with Crippen LogP contribution in [0, 0.1) is 0 Å². The van der Waals surface area contributed by atoms with Crippen molar-refractivity contribution in [1.82, 2.24) is 4.90 Å².